The highest BCUT2D eigenvalue weighted by atomic mass is 35.5. The van der Waals surface area contributed by atoms with Gasteiger partial charge in [-0.1, -0.05) is 65.7 Å². The van der Waals surface area contributed by atoms with Crippen LogP contribution in [0.2, 0.25) is 10.0 Å². The highest BCUT2D eigenvalue weighted by Crippen LogP contribution is 2.26. The molecule has 0 spiro atoms. The predicted molar refractivity (Wildman–Crippen MR) is 155 cm³/mol. The van der Waals surface area contributed by atoms with Gasteiger partial charge in [0.05, 0.1) is 9.79 Å². The van der Waals surface area contributed by atoms with Crippen molar-refractivity contribution in [2.45, 2.75) is 21.6 Å². The molecule has 1 atom stereocenters. The Morgan fingerprint density at radius 1 is 0.872 bits per heavy atom. The minimum atomic E-state index is -4.05. The van der Waals surface area contributed by atoms with Crippen molar-refractivity contribution in [2.75, 3.05) is 31.9 Å². The second-order valence-electron chi connectivity index (χ2n) is 8.70. The minimum Gasteiger partial charge on any atom is -0.354 e. The molecule has 0 saturated carbocycles. The number of amides is 1. The number of hydrogen-bond acceptors (Lipinski definition) is 6. The van der Waals surface area contributed by atoms with E-state index >= 15 is 0 Å². The van der Waals surface area contributed by atoms with Gasteiger partial charge in [0.25, 0.3) is 0 Å². The SMILES string of the molecule is O=C(NCCSCc1ccc(Cl)cc1Cl)[C@@H]1CN(S(=O)(=O)c2ccccc2)CCN1S(=O)(=O)c1ccccc1. The van der Waals surface area contributed by atoms with Gasteiger partial charge >= 0.3 is 0 Å². The molecule has 0 radical (unpaired) electrons. The number of carbonyl (C=O) groups excluding carboxylic acids is 1. The number of halogens is 2. The van der Waals surface area contributed by atoms with Crippen LogP contribution < -0.4 is 5.32 Å². The van der Waals surface area contributed by atoms with Crippen LogP contribution in [-0.2, 0) is 30.6 Å². The third-order valence-corrected chi connectivity index (χ3v) is 11.5. The Morgan fingerprint density at radius 2 is 1.49 bits per heavy atom. The summed E-state index contributed by atoms with van der Waals surface area (Å²) in [7, 11) is -7.97. The van der Waals surface area contributed by atoms with Gasteiger partial charge in [-0.2, -0.15) is 20.4 Å². The van der Waals surface area contributed by atoms with Crippen LogP contribution in [0.4, 0.5) is 0 Å². The number of hydrogen-bond donors (Lipinski definition) is 1. The van der Waals surface area contributed by atoms with Gasteiger partial charge in [0.2, 0.25) is 26.0 Å². The van der Waals surface area contributed by atoms with E-state index in [-0.39, 0.29) is 36.0 Å². The second kappa shape index (κ2) is 13.0. The van der Waals surface area contributed by atoms with Gasteiger partial charge in [0.1, 0.15) is 6.04 Å². The van der Waals surface area contributed by atoms with Crippen molar-refractivity contribution in [1.82, 2.24) is 13.9 Å². The highest BCUT2D eigenvalue weighted by Gasteiger charge is 2.43. The Kier molecular flexibility index (Phi) is 9.97. The van der Waals surface area contributed by atoms with Crippen molar-refractivity contribution in [3.8, 4) is 0 Å². The Labute approximate surface area is 243 Å². The normalized spacial score (nSPS) is 17.1. The molecule has 1 heterocycles. The van der Waals surface area contributed by atoms with Gasteiger partial charge in [-0.15, -0.1) is 0 Å². The summed E-state index contributed by atoms with van der Waals surface area (Å²) in [6, 6.07) is 19.7. The first kappa shape index (κ1) is 29.9. The molecule has 1 amide bonds. The monoisotopic (exact) mass is 627 g/mol. The molecule has 8 nitrogen and oxygen atoms in total. The molecule has 0 aliphatic carbocycles. The molecule has 1 aliphatic heterocycles. The second-order valence-corrected chi connectivity index (χ2v) is 14.5. The molecule has 0 bridgehead atoms. The molecule has 0 aromatic heterocycles. The first-order chi connectivity index (χ1) is 18.6. The van der Waals surface area contributed by atoms with E-state index in [1.165, 1.54) is 40.3 Å². The van der Waals surface area contributed by atoms with Crippen molar-refractivity contribution < 1.29 is 21.6 Å². The van der Waals surface area contributed by atoms with Gasteiger partial charge in [-0.25, -0.2) is 16.8 Å². The molecule has 208 valence electrons. The van der Waals surface area contributed by atoms with Crippen LogP contribution in [0.15, 0.2) is 88.7 Å². The number of sulfonamides is 2. The first-order valence-electron chi connectivity index (χ1n) is 12.0. The summed E-state index contributed by atoms with van der Waals surface area (Å²) in [6.45, 7) is -0.283. The van der Waals surface area contributed by atoms with E-state index in [0.29, 0.717) is 21.6 Å². The maximum Gasteiger partial charge on any atom is 0.243 e. The van der Waals surface area contributed by atoms with Crippen molar-refractivity contribution in [1.29, 1.82) is 0 Å². The summed E-state index contributed by atoms with van der Waals surface area (Å²) in [4.78, 5) is 13.5. The van der Waals surface area contributed by atoms with E-state index in [1.807, 2.05) is 6.07 Å². The number of thioether (sulfide) groups is 1. The summed E-state index contributed by atoms with van der Waals surface area (Å²) >= 11 is 13.7. The van der Waals surface area contributed by atoms with Crippen molar-refractivity contribution in [3.05, 3.63) is 94.5 Å². The number of benzene rings is 3. The van der Waals surface area contributed by atoms with Crippen LogP contribution in [0.5, 0.6) is 0 Å². The van der Waals surface area contributed by atoms with E-state index in [9.17, 15) is 21.6 Å². The van der Waals surface area contributed by atoms with Crippen LogP contribution in [-0.4, -0.2) is 69.3 Å². The van der Waals surface area contributed by atoms with E-state index in [1.54, 1.807) is 48.5 Å². The average Bonchev–Trinajstić information content (AvgIpc) is 2.94. The molecule has 39 heavy (non-hydrogen) atoms. The quantitative estimate of drug-likeness (QED) is 0.339. The largest absolute Gasteiger partial charge is 0.354 e. The predicted octanol–water partition coefficient (Wildman–Crippen LogP) is 4.11. The van der Waals surface area contributed by atoms with Crippen LogP contribution >= 0.6 is 35.0 Å². The Morgan fingerprint density at radius 3 is 2.10 bits per heavy atom. The lowest BCUT2D eigenvalue weighted by Crippen LogP contribution is -2.61. The number of nitrogens with one attached hydrogen (secondary N) is 1. The van der Waals surface area contributed by atoms with Crippen molar-refractivity contribution in [2.24, 2.45) is 0 Å². The number of piperazine rings is 1. The molecular weight excluding hydrogens is 601 g/mol. The van der Waals surface area contributed by atoms with Crippen LogP contribution in [0, 0.1) is 0 Å². The zero-order chi connectivity index (χ0) is 28.0. The summed E-state index contributed by atoms with van der Waals surface area (Å²) in [5.41, 5.74) is 0.909. The summed E-state index contributed by atoms with van der Waals surface area (Å²) < 4.78 is 55.7. The highest BCUT2D eigenvalue weighted by molar-refractivity contribution is 7.98. The molecule has 1 fully saturated rings. The third-order valence-electron chi connectivity index (χ3n) is 6.15. The van der Waals surface area contributed by atoms with E-state index in [2.05, 4.69) is 5.32 Å². The van der Waals surface area contributed by atoms with E-state index in [0.717, 1.165) is 9.87 Å². The third kappa shape index (κ3) is 7.15. The standard InChI is InChI=1S/C26H27Cl2N3O5S3/c27-21-12-11-20(24(28)17-21)19-37-16-13-29-26(32)25-18-30(38(33,34)22-7-3-1-4-8-22)14-15-31(25)39(35,36)23-9-5-2-6-10-23/h1-12,17,25H,13-16,18-19H2,(H,29,32)/t25-/m0/s1. The van der Waals surface area contributed by atoms with Crippen LogP contribution in [0.3, 0.4) is 0 Å². The van der Waals surface area contributed by atoms with Gasteiger partial charge < -0.3 is 5.32 Å². The van der Waals surface area contributed by atoms with Crippen molar-refractivity contribution >= 4 is 60.9 Å². The zero-order valence-electron chi connectivity index (χ0n) is 20.7. The molecule has 1 saturated heterocycles. The topological polar surface area (TPSA) is 104 Å². The minimum absolute atomic E-state index is 0.0394. The Bertz CT molecular complexity index is 1510. The van der Waals surface area contributed by atoms with Crippen molar-refractivity contribution in [3.63, 3.8) is 0 Å². The molecule has 1 N–H and O–H groups in total. The molecule has 4 rings (SSSR count). The smallest absolute Gasteiger partial charge is 0.243 e. The first-order valence-corrected chi connectivity index (χ1v) is 16.8. The molecule has 0 unspecified atom stereocenters. The lowest BCUT2D eigenvalue weighted by Gasteiger charge is -2.38. The lowest BCUT2D eigenvalue weighted by atomic mass is 10.2. The summed E-state index contributed by atoms with van der Waals surface area (Å²) in [5, 5.41) is 3.89. The molecular formula is C26H27Cl2N3O5S3. The molecule has 13 heteroatoms. The Hall–Kier alpha value is -2.12. The fraction of sp³-hybridized carbons (Fsp3) is 0.269. The van der Waals surface area contributed by atoms with E-state index in [4.69, 9.17) is 23.2 Å². The van der Waals surface area contributed by atoms with E-state index < -0.39 is 32.0 Å². The zero-order valence-corrected chi connectivity index (χ0v) is 24.7. The maximum atomic E-state index is 13.5. The molecule has 1 aliphatic rings. The van der Waals surface area contributed by atoms with Gasteiger partial charge in [0.15, 0.2) is 0 Å². The van der Waals surface area contributed by atoms with Gasteiger partial charge in [-0.3, -0.25) is 4.79 Å². The van der Waals surface area contributed by atoms with Crippen LogP contribution in [0.25, 0.3) is 0 Å². The lowest BCUT2D eigenvalue weighted by molar-refractivity contribution is -0.125. The molecule has 3 aromatic carbocycles. The van der Waals surface area contributed by atoms with Crippen LogP contribution in [0.1, 0.15) is 5.56 Å². The summed E-state index contributed by atoms with van der Waals surface area (Å²) in [5.74, 6) is 0.578. The maximum absolute atomic E-state index is 13.5. The fourth-order valence-corrected chi connectivity index (χ4v) is 8.58. The van der Waals surface area contributed by atoms with Gasteiger partial charge in [0, 0.05) is 47.7 Å². The number of nitrogens with zero attached hydrogens (tertiary/aromatic N) is 2. The van der Waals surface area contributed by atoms with Gasteiger partial charge in [-0.05, 0) is 42.0 Å². The Balaban J connectivity index is 1.47. The number of carbonyl (C=O) groups is 1. The number of rotatable bonds is 10. The average molecular weight is 629 g/mol. The summed E-state index contributed by atoms with van der Waals surface area (Å²) in [6.07, 6.45) is 0. The molecule has 3 aromatic rings. The fourth-order valence-electron chi connectivity index (χ4n) is 4.12.